The van der Waals surface area contributed by atoms with E-state index in [2.05, 4.69) is 44.8 Å². The van der Waals surface area contributed by atoms with Gasteiger partial charge in [-0.3, -0.25) is 4.90 Å². The first-order valence-corrected chi connectivity index (χ1v) is 6.17. The molecule has 1 aliphatic rings. The molecule has 1 aromatic heterocycles. The smallest absolute Gasteiger partial charge is 0.0948 e. The van der Waals surface area contributed by atoms with Crippen molar-refractivity contribution >= 4 is 0 Å². The van der Waals surface area contributed by atoms with Gasteiger partial charge in [-0.05, 0) is 5.56 Å². The Bertz CT molecular complexity index is 453. The molecule has 3 nitrogen and oxygen atoms in total. The molecule has 1 aromatic carbocycles. The number of aromatic nitrogens is 2. The van der Waals surface area contributed by atoms with Crippen LogP contribution in [0.5, 0.6) is 0 Å². The van der Waals surface area contributed by atoms with Crippen molar-refractivity contribution in [1.82, 2.24) is 14.5 Å². The lowest BCUT2D eigenvalue weighted by atomic mass is 10.2. The minimum absolute atomic E-state index is 1.05. The Balaban J connectivity index is 1.66. The average molecular weight is 227 g/mol. The molecule has 0 N–H and O–H groups in total. The van der Waals surface area contributed by atoms with Crippen LogP contribution >= 0.6 is 0 Å². The summed E-state index contributed by atoms with van der Waals surface area (Å²) in [7, 11) is 0. The summed E-state index contributed by atoms with van der Waals surface area (Å²) in [5, 5.41) is 0. The number of rotatable bonds is 2. The minimum Gasteiger partial charge on any atom is -0.333 e. The van der Waals surface area contributed by atoms with Crippen LogP contribution in [0.15, 0.2) is 42.9 Å². The fourth-order valence-corrected chi connectivity index (χ4v) is 2.39. The highest BCUT2D eigenvalue weighted by Crippen LogP contribution is 2.11. The van der Waals surface area contributed by atoms with Crippen molar-refractivity contribution in [2.75, 3.05) is 13.1 Å². The number of hydrogen-bond acceptors (Lipinski definition) is 2. The zero-order valence-corrected chi connectivity index (χ0v) is 9.92. The molecule has 0 aliphatic carbocycles. The molecular weight excluding hydrogens is 210 g/mol. The Morgan fingerprint density at radius 2 is 1.94 bits per heavy atom. The van der Waals surface area contributed by atoms with E-state index in [1.807, 2.05) is 12.5 Å². The third kappa shape index (κ3) is 2.39. The SMILES string of the molecule is c1ccc(CN2CCc3cncn3CC2)cc1. The first-order chi connectivity index (χ1) is 8.42. The molecule has 1 aliphatic heterocycles. The molecule has 3 heteroatoms. The second kappa shape index (κ2) is 4.72. The van der Waals surface area contributed by atoms with Crippen molar-refractivity contribution in [2.45, 2.75) is 19.5 Å². The van der Waals surface area contributed by atoms with Crippen LogP contribution in [0.4, 0.5) is 0 Å². The lowest BCUT2D eigenvalue weighted by molar-refractivity contribution is 0.271. The molecule has 0 atom stereocenters. The quantitative estimate of drug-likeness (QED) is 0.782. The normalized spacial score (nSPS) is 16.5. The third-order valence-electron chi connectivity index (χ3n) is 3.39. The van der Waals surface area contributed by atoms with Gasteiger partial charge in [0.2, 0.25) is 0 Å². The summed E-state index contributed by atoms with van der Waals surface area (Å²) in [5.74, 6) is 0. The van der Waals surface area contributed by atoms with Crippen LogP contribution in [0.2, 0.25) is 0 Å². The number of fused-ring (bicyclic) bond motifs is 1. The van der Waals surface area contributed by atoms with Gasteiger partial charge in [0.25, 0.3) is 0 Å². The summed E-state index contributed by atoms with van der Waals surface area (Å²) in [4.78, 5) is 6.72. The van der Waals surface area contributed by atoms with Crippen LogP contribution in [0.3, 0.4) is 0 Å². The summed E-state index contributed by atoms with van der Waals surface area (Å²) in [5.41, 5.74) is 2.76. The molecule has 0 amide bonds. The van der Waals surface area contributed by atoms with Gasteiger partial charge in [-0.2, -0.15) is 0 Å². The zero-order valence-electron chi connectivity index (χ0n) is 9.92. The van der Waals surface area contributed by atoms with E-state index in [0.717, 1.165) is 32.6 Å². The average Bonchev–Trinajstić information content (AvgIpc) is 2.74. The van der Waals surface area contributed by atoms with Crippen LogP contribution < -0.4 is 0 Å². The molecule has 0 spiro atoms. The lowest BCUT2D eigenvalue weighted by Crippen LogP contribution is -2.26. The van der Waals surface area contributed by atoms with E-state index in [4.69, 9.17) is 0 Å². The zero-order chi connectivity index (χ0) is 11.5. The number of nitrogens with zero attached hydrogens (tertiary/aromatic N) is 3. The highest BCUT2D eigenvalue weighted by molar-refractivity contribution is 5.14. The van der Waals surface area contributed by atoms with Gasteiger partial charge in [0.15, 0.2) is 0 Å². The molecule has 0 unspecified atom stereocenters. The molecule has 88 valence electrons. The molecule has 0 fully saturated rings. The maximum absolute atomic E-state index is 4.20. The van der Waals surface area contributed by atoms with E-state index in [9.17, 15) is 0 Å². The van der Waals surface area contributed by atoms with E-state index >= 15 is 0 Å². The Hall–Kier alpha value is -1.61. The van der Waals surface area contributed by atoms with Gasteiger partial charge >= 0.3 is 0 Å². The van der Waals surface area contributed by atoms with Crippen LogP contribution in [0, 0.1) is 0 Å². The summed E-state index contributed by atoms with van der Waals surface area (Å²) >= 11 is 0. The Morgan fingerprint density at radius 1 is 1.06 bits per heavy atom. The van der Waals surface area contributed by atoms with E-state index in [1.165, 1.54) is 11.3 Å². The molecular formula is C14H17N3. The van der Waals surface area contributed by atoms with Crippen molar-refractivity contribution in [3.63, 3.8) is 0 Å². The van der Waals surface area contributed by atoms with Crippen molar-refractivity contribution in [3.8, 4) is 0 Å². The van der Waals surface area contributed by atoms with Gasteiger partial charge in [0.1, 0.15) is 0 Å². The first kappa shape index (κ1) is 10.5. The van der Waals surface area contributed by atoms with Gasteiger partial charge in [0.05, 0.1) is 6.33 Å². The fraction of sp³-hybridized carbons (Fsp3) is 0.357. The topological polar surface area (TPSA) is 21.1 Å². The van der Waals surface area contributed by atoms with Crippen molar-refractivity contribution in [1.29, 1.82) is 0 Å². The van der Waals surface area contributed by atoms with E-state index < -0.39 is 0 Å². The second-order valence-electron chi connectivity index (χ2n) is 4.59. The van der Waals surface area contributed by atoms with Gasteiger partial charge in [-0.25, -0.2) is 4.98 Å². The number of hydrogen-bond donors (Lipinski definition) is 0. The lowest BCUT2D eigenvalue weighted by Gasteiger charge is -2.19. The Labute approximate surface area is 102 Å². The monoisotopic (exact) mass is 227 g/mol. The molecule has 2 aromatic rings. The van der Waals surface area contributed by atoms with E-state index in [1.54, 1.807) is 0 Å². The molecule has 17 heavy (non-hydrogen) atoms. The predicted molar refractivity (Wildman–Crippen MR) is 67.7 cm³/mol. The molecule has 3 rings (SSSR count). The molecule has 0 saturated carbocycles. The summed E-state index contributed by atoms with van der Waals surface area (Å²) in [6, 6.07) is 10.7. The fourth-order valence-electron chi connectivity index (χ4n) is 2.39. The van der Waals surface area contributed by atoms with Gasteiger partial charge < -0.3 is 4.57 Å². The molecule has 0 radical (unpaired) electrons. The third-order valence-corrected chi connectivity index (χ3v) is 3.39. The van der Waals surface area contributed by atoms with Crippen LogP contribution in [-0.4, -0.2) is 27.5 Å². The van der Waals surface area contributed by atoms with Crippen molar-refractivity contribution in [3.05, 3.63) is 54.1 Å². The second-order valence-corrected chi connectivity index (χ2v) is 4.59. The van der Waals surface area contributed by atoms with E-state index in [-0.39, 0.29) is 0 Å². The Morgan fingerprint density at radius 3 is 2.82 bits per heavy atom. The van der Waals surface area contributed by atoms with Crippen molar-refractivity contribution in [2.24, 2.45) is 0 Å². The van der Waals surface area contributed by atoms with Gasteiger partial charge in [0, 0.05) is 44.5 Å². The van der Waals surface area contributed by atoms with Crippen LogP contribution in [-0.2, 0) is 19.5 Å². The highest BCUT2D eigenvalue weighted by atomic mass is 15.2. The number of imidazole rings is 1. The Kier molecular flexibility index (Phi) is 2.92. The van der Waals surface area contributed by atoms with Gasteiger partial charge in [-0.1, -0.05) is 30.3 Å². The molecule has 2 heterocycles. The van der Waals surface area contributed by atoms with E-state index in [0.29, 0.717) is 0 Å². The number of benzene rings is 1. The summed E-state index contributed by atoms with van der Waals surface area (Å²) in [6.45, 7) is 4.35. The summed E-state index contributed by atoms with van der Waals surface area (Å²) < 4.78 is 2.27. The van der Waals surface area contributed by atoms with Crippen LogP contribution in [0.25, 0.3) is 0 Å². The standard InChI is InChI=1S/C14H17N3/c1-2-4-13(5-3-1)11-16-7-6-14-10-15-12-17(14)9-8-16/h1-5,10,12H,6-9,11H2. The maximum Gasteiger partial charge on any atom is 0.0948 e. The van der Waals surface area contributed by atoms with Crippen LogP contribution in [0.1, 0.15) is 11.3 Å². The largest absolute Gasteiger partial charge is 0.333 e. The summed E-state index contributed by atoms with van der Waals surface area (Å²) in [6.07, 6.45) is 5.04. The molecule has 0 saturated heterocycles. The van der Waals surface area contributed by atoms with Crippen molar-refractivity contribution < 1.29 is 0 Å². The van der Waals surface area contributed by atoms with Gasteiger partial charge in [-0.15, -0.1) is 0 Å². The highest BCUT2D eigenvalue weighted by Gasteiger charge is 2.13. The maximum atomic E-state index is 4.20. The first-order valence-electron chi connectivity index (χ1n) is 6.17. The predicted octanol–water partition coefficient (Wildman–Crippen LogP) is 1.94. The molecule has 0 bridgehead atoms. The minimum atomic E-state index is 1.05.